The Morgan fingerprint density at radius 1 is 1.31 bits per heavy atom. The van der Waals surface area contributed by atoms with Crippen molar-refractivity contribution in [2.45, 2.75) is 0 Å². The molecule has 0 heterocycles. The van der Waals surface area contributed by atoms with E-state index in [1.165, 1.54) is 38.5 Å². The predicted molar refractivity (Wildman–Crippen MR) is 57.4 cm³/mol. The third kappa shape index (κ3) is 2.66. The second-order valence-corrected chi connectivity index (χ2v) is 2.95. The molecular weight excluding hydrogens is 212 g/mol. The Labute approximate surface area is 92.5 Å². The van der Waals surface area contributed by atoms with Crippen molar-refractivity contribution in [2.24, 2.45) is 0 Å². The van der Waals surface area contributed by atoms with Crippen LogP contribution in [0.15, 0.2) is 18.2 Å². The number of carbonyl (C=O) groups excluding carboxylic acids is 1. The van der Waals surface area contributed by atoms with Gasteiger partial charge in [0.1, 0.15) is 0 Å². The zero-order valence-corrected chi connectivity index (χ0v) is 8.93. The molecule has 2 N–H and O–H groups in total. The Balaban J connectivity index is 3.03. The van der Waals surface area contributed by atoms with Crippen molar-refractivity contribution in [1.29, 1.82) is 0 Å². The smallest absolute Gasteiger partial charge is 0.330 e. The number of aromatic hydroxyl groups is 2. The minimum Gasteiger partial charge on any atom is -0.504 e. The van der Waals surface area contributed by atoms with Crippen LogP contribution in [0.25, 0.3) is 6.08 Å². The Morgan fingerprint density at radius 2 is 2.00 bits per heavy atom. The Hall–Kier alpha value is -2.17. The van der Waals surface area contributed by atoms with E-state index in [2.05, 4.69) is 4.74 Å². The van der Waals surface area contributed by atoms with Gasteiger partial charge in [-0.3, -0.25) is 0 Å². The average Bonchev–Trinajstić information content (AvgIpc) is 2.29. The van der Waals surface area contributed by atoms with Gasteiger partial charge in [0.05, 0.1) is 14.2 Å². The van der Waals surface area contributed by atoms with Gasteiger partial charge >= 0.3 is 5.97 Å². The molecule has 0 radical (unpaired) electrons. The van der Waals surface area contributed by atoms with Gasteiger partial charge in [-0.1, -0.05) is 0 Å². The summed E-state index contributed by atoms with van der Waals surface area (Å²) in [5, 5.41) is 18.7. The number of hydrogen-bond acceptors (Lipinski definition) is 5. The first-order valence-electron chi connectivity index (χ1n) is 4.44. The first-order valence-corrected chi connectivity index (χ1v) is 4.44. The molecule has 0 unspecified atom stereocenters. The minimum atomic E-state index is -0.508. The maximum absolute atomic E-state index is 10.8. The number of benzene rings is 1. The van der Waals surface area contributed by atoms with Crippen LogP contribution in [0.1, 0.15) is 5.56 Å². The minimum absolute atomic E-state index is 0.129. The Kier molecular flexibility index (Phi) is 3.77. The lowest BCUT2D eigenvalue weighted by Gasteiger charge is -2.06. The first kappa shape index (κ1) is 11.9. The number of methoxy groups -OCH3 is 2. The van der Waals surface area contributed by atoms with Crippen LogP contribution in [0.5, 0.6) is 17.2 Å². The maximum Gasteiger partial charge on any atom is 0.330 e. The lowest BCUT2D eigenvalue weighted by molar-refractivity contribution is -0.134. The second kappa shape index (κ2) is 5.06. The maximum atomic E-state index is 10.8. The van der Waals surface area contributed by atoms with E-state index >= 15 is 0 Å². The normalized spacial score (nSPS) is 10.4. The third-order valence-electron chi connectivity index (χ3n) is 1.91. The van der Waals surface area contributed by atoms with Gasteiger partial charge in [-0.2, -0.15) is 0 Å². The molecule has 0 aromatic heterocycles. The summed E-state index contributed by atoms with van der Waals surface area (Å²) in [6, 6.07) is 2.78. The van der Waals surface area contributed by atoms with E-state index in [-0.39, 0.29) is 17.2 Å². The van der Waals surface area contributed by atoms with Gasteiger partial charge in [0.25, 0.3) is 0 Å². The van der Waals surface area contributed by atoms with Gasteiger partial charge in [-0.25, -0.2) is 4.79 Å². The van der Waals surface area contributed by atoms with Crippen LogP contribution in [0.3, 0.4) is 0 Å². The second-order valence-electron chi connectivity index (χ2n) is 2.95. The molecule has 0 spiro atoms. The highest BCUT2D eigenvalue weighted by atomic mass is 16.5. The van der Waals surface area contributed by atoms with E-state index in [1.807, 2.05) is 0 Å². The van der Waals surface area contributed by atoms with Gasteiger partial charge in [-0.05, 0) is 23.8 Å². The van der Waals surface area contributed by atoms with Crippen LogP contribution in [-0.2, 0) is 9.53 Å². The Morgan fingerprint density at radius 3 is 2.56 bits per heavy atom. The molecular formula is C11H12O5. The monoisotopic (exact) mass is 224 g/mol. The van der Waals surface area contributed by atoms with E-state index in [4.69, 9.17) is 4.74 Å². The summed E-state index contributed by atoms with van der Waals surface area (Å²) in [5.74, 6) is -1.03. The van der Waals surface area contributed by atoms with E-state index in [9.17, 15) is 15.0 Å². The van der Waals surface area contributed by atoms with Gasteiger partial charge in [0.2, 0.25) is 5.75 Å². The molecule has 0 atom stereocenters. The average molecular weight is 224 g/mol. The zero-order valence-electron chi connectivity index (χ0n) is 8.93. The molecule has 0 fully saturated rings. The van der Waals surface area contributed by atoms with Crippen LogP contribution in [0, 0.1) is 0 Å². The van der Waals surface area contributed by atoms with Crippen LogP contribution in [-0.4, -0.2) is 30.4 Å². The van der Waals surface area contributed by atoms with Crippen molar-refractivity contribution < 1.29 is 24.5 Å². The summed E-state index contributed by atoms with van der Waals surface area (Å²) in [4.78, 5) is 10.8. The lowest BCUT2D eigenvalue weighted by Crippen LogP contribution is -1.93. The van der Waals surface area contributed by atoms with Crippen LogP contribution in [0.2, 0.25) is 0 Å². The van der Waals surface area contributed by atoms with E-state index in [1.54, 1.807) is 0 Å². The van der Waals surface area contributed by atoms with Gasteiger partial charge in [0, 0.05) is 6.08 Å². The molecule has 1 aromatic carbocycles. The van der Waals surface area contributed by atoms with Crippen LogP contribution >= 0.6 is 0 Å². The van der Waals surface area contributed by atoms with Crippen molar-refractivity contribution >= 4 is 12.0 Å². The first-order chi connectivity index (χ1) is 7.58. The summed E-state index contributed by atoms with van der Waals surface area (Å²) in [7, 11) is 2.63. The molecule has 0 aliphatic carbocycles. The largest absolute Gasteiger partial charge is 0.504 e. The highest BCUT2D eigenvalue weighted by Gasteiger charge is 2.08. The molecule has 0 bridgehead atoms. The summed E-state index contributed by atoms with van der Waals surface area (Å²) in [5.41, 5.74) is 0.512. The third-order valence-corrected chi connectivity index (χ3v) is 1.91. The molecule has 86 valence electrons. The summed E-state index contributed by atoms with van der Waals surface area (Å²) in [6.45, 7) is 0. The molecule has 0 aliphatic rings. The zero-order chi connectivity index (χ0) is 12.1. The molecule has 16 heavy (non-hydrogen) atoms. The van der Waals surface area contributed by atoms with E-state index in [0.29, 0.717) is 5.56 Å². The summed E-state index contributed by atoms with van der Waals surface area (Å²) in [6.07, 6.45) is 2.64. The molecule has 0 aliphatic heterocycles. The van der Waals surface area contributed by atoms with Crippen molar-refractivity contribution in [1.82, 2.24) is 0 Å². The fraction of sp³-hybridized carbons (Fsp3) is 0.182. The summed E-state index contributed by atoms with van der Waals surface area (Å²) >= 11 is 0. The quantitative estimate of drug-likeness (QED) is 0.459. The molecule has 5 nitrogen and oxygen atoms in total. The fourth-order valence-corrected chi connectivity index (χ4v) is 1.10. The highest BCUT2D eigenvalue weighted by molar-refractivity contribution is 5.87. The van der Waals surface area contributed by atoms with Gasteiger partial charge < -0.3 is 19.7 Å². The number of esters is 1. The van der Waals surface area contributed by atoms with E-state index in [0.717, 1.165) is 0 Å². The molecule has 0 saturated heterocycles. The van der Waals surface area contributed by atoms with Crippen LogP contribution in [0.4, 0.5) is 0 Å². The van der Waals surface area contributed by atoms with Gasteiger partial charge in [-0.15, -0.1) is 0 Å². The number of phenols is 2. The van der Waals surface area contributed by atoms with Crippen molar-refractivity contribution in [3.05, 3.63) is 23.8 Å². The number of hydrogen-bond donors (Lipinski definition) is 2. The van der Waals surface area contributed by atoms with Crippen molar-refractivity contribution in [3.63, 3.8) is 0 Å². The fourth-order valence-electron chi connectivity index (χ4n) is 1.10. The molecule has 1 aromatic rings. The highest BCUT2D eigenvalue weighted by Crippen LogP contribution is 2.36. The SMILES string of the molecule is COC(=O)C=Cc1cc(O)c(O)c(OC)c1. The number of rotatable bonds is 3. The van der Waals surface area contributed by atoms with Crippen molar-refractivity contribution in [3.8, 4) is 17.2 Å². The molecule has 5 heteroatoms. The number of phenolic OH excluding ortho intramolecular Hbond substituents is 2. The lowest BCUT2D eigenvalue weighted by atomic mass is 10.1. The molecule has 1 rings (SSSR count). The van der Waals surface area contributed by atoms with Crippen molar-refractivity contribution in [2.75, 3.05) is 14.2 Å². The number of carbonyl (C=O) groups is 1. The summed E-state index contributed by atoms with van der Waals surface area (Å²) < 4.78 is 9.25. The predicted octanol–water partition coefficient (Wildman–Crippen LogP) is 1.29. The topological polar surface area (TPSA) is 76.0 Å². The van der Waals surface area contributed by atoms with Crippen LogP contribution < -0.4 is 4.74 Å². The number of ether oxygens (including phenoxy) is 2. The molecule has 0 saturated carbocycles. The Bertz CT molecular complexity index is 423. The standard InChI is InChI=1S/C11H12O5/c1-15-9-6-7(3-4-10(13)16-2)5-8(12)11(9)14/h3-6,12,14H,1-2H3. The van der Waals surface area contributed by atoms with Gasteiger partial charge in [0.15, 0.2) is 11.5 Å². The van der Waals surface area contributed by atoms with E-state index < -0.39 is 5.97 Å². The molecule has 0 amide bonds.